The lowest BCUT2D eigenvalue weighted by atomic mass is 10.2. The fourth-order valence-electron chi connectivity index (χ4n) is 0.975. The molecular weight excluding hydrogens is 311 g/mol. The zero-order valence-corrected chi connectivity index (χ0v) is 10.2. The molecule has 0 fully saturated rings. The van der Waals surface area contributed by atoms with Crippen molar-refractivity contribution >= 4 is 42.9 Å². The number of alkyl halides is 3. The van der Waals surface area contributed by atoms with Gasteiger partial charge in [-0.1, -0.05) is 23.2 Å². The Kier molecular flexibility index (Phi) is 3.69. The van der Waals surface area contributed by atoms with Crippen LogP contribution >= 0.6 is 33.9 Å². The quantitative estimate of drug-likeness (QED) is 0.736. The average Bonchev–Trinajstić information content (AvgIpc) is 1.97. The second-order valence-corrected chi connectivity index (χ2v) is 5.96. The second-order valence-electron chi connectivity index (χ2n) is 2.67. The summed E-state index contributed by atoms with van der Waals surface area (Å²) in [5.74, 6) is 0. The smallest absolute Gasteiger partial charge is 0.207 e. The Bertz CT molecular complexity index is 524. The number of halogens is 6. The minimum atomic E-state index is -4.78. The summed E-state index contributed by atoms with van der Waals surface area (Å²) in [6.07, 6.45) is -4.78. The standard InChI is InChI=1S/C7H2Cl3F3O2S/c8-4-2-1-3(7(11,12)13)5(9)6(4)16(10,14)15/h1-2H. The molecule has 0 spiro atoms. The van der Waals surface area contributed by atoms with E-state index in [9.17, 15) is 21.6 Å². The first-order valence-corrected chi connectivity index (χ1v) is 6.61. The van der Waals surface area contributed by atoms with Gasteiger partial charge in [-0.2, -0.15) is 13.2 Å². The van der Waals surface area contributed by atoms with E-state index < -0.39 is 35.7 Å². The van der Waals surface area contributed by atoms with Crippen molar-refractivity contribution in [3.63, 3.8) is 0 Å². The van der Waals surface area contributed by atoms with Gasteiger partial charge in [0.1, 0.15) is 4.90 Å². The van der Waals surface area contributed by atoms with E-state index in [1.807, 2.05) is 0 Å². The molecule has 1 aromatic carbocycles. The number of benzene rings is 1. The number of hydrogen-bond donors (Lipinski definition) is 0. The Morgan fingerprint density at radius 3 is 2.00 bits per heavy atom. The van der Waals surface area contributed by atoms with Crippen molar-refractivity contribution in [1.82, 2.24) is 0 Å². The summed E-state index contributed by atoms with van der Waals surface area (Å²) in [5.41, 5.74) is -1.31. The molecule has 0 unspecified atom stereocenters. The highest BCUT2D eigenvalue weighted by Crippen LogP contribution is 2.41. The van der Waals surface area contributed by atoms with Gasteiger partial charge in [-0.25, -0.2) is 8.42 Å². The topological polar surface area (TPSA) is 34.1 Å². The molecule has 9 heteroatoms. The van der Waals surface area contributed by atoms with Gasteiger partial charge in [0.15, 0.2) is 0 Å². The van der Waals surface area contributed by atoms with Gasteiger partial charge in [0.25, 0.3) is 9.05 Å². The second kappa shape index (κ2) is 4.25. The molecule has 90 valence electrons. The Morgan fingerprint density at radius 2 is 1.62 bits per heavy atom. The summed E-state index contributed by atoms with van der Waals surface area (Å²) in [7, 11) is 0.489. The first kappa shape index (κ1) is 13.9. The lowest BCUT2D eigenvalue weighted by molar-refractivity contribution is -0.137. The summed E-state index contributed by atoms with van der Waals surface area (Å²) in [6.45, 7) is 0. The molecule has 0 bridgehead atoms. The fraction of sp³-hybridized carbons (Fsp3) is 0.143. The van der Waals surface area contributed by atoms with Crippen LogP contribution < -0.4 is 0 Å². The van der Waals surface area contributed by atoms with Crippen molar-refractivity contribution in [2.75, 3.05) is 0 Å². The van der Waals surface area contributed by atoms with Crippen molar-refractivity contribution in [1.29, 1.82) is 0 Å². The van der Waals surface area contributed by atoms with Crippen LogP contribution in [0, 0.1) is 0 Å². The maximum absolute atomic E-state index is 12.4. The molecule has 1 rings (SSSR count). The molecule has 0 aliphatic rings. The predicted octanol–water partition coefficient (Wildman–Crippen LogP) is 3.94. The zero-order valence-electron chi connectivity index (χ0n) is 7.15. The van der Waals surface area contributed by atoms with Crippen LogP contribution in [0.15, 0.2) is 17.0 Å². The third-order valence-corrected chi connectivity index (χ3v) is 3.90. The summed E-state index contributed by atoms with van der Waals surface area (Å²) >= 11 is 10.7. The zero-order chi connectivity index (χ0) is 12.7. The third kappa shape index (κ3) is 2.74. The molecular formula is C7H2Cl3F3O2S. The van der Waals surface area contributed by atoms with Crippen molar-refractivity contribution in [2.24, 2.45) is 0 Å². The van der Waals surface area contributed by atoms with E-state index in [2.05, 4.69) is 0 Å². The third-order valence-electron chi connectivity index (χ3n) is 1.60. The first-order chi connectivity index (χ1) is 7.05. The van der Waals surface area contributed by atoms with E-state index in [0.717, 1.165) is 6.07 Å². The van der Waals surface area contributed by atoms with Gasteiger partial charge in [0.2, 0.25) is 0 Å². The van der Waals surface area contributed by atoms with Crippen LogP contribution in [0.5, 0.6) is 0 Å². The average molecular weight is 314 g/mol. The molecule has 0 amide bonds. The highest BCUT2D eigenvalue weighted by molar-refractivity contribution is 8.14. The maximum Gasteiger partial charge on any atom is 0.417 e. The molecule has 0 radical (unpaired) electrons. The van der Waals surface area contributed by atoms with Crippen LogP contribution in [0.1, 0.15) is 5.56 Å². The van der Waals surface area contributed by atoms with Gasteiger partial charge in [-0.15, -0.1) is 0 Å². The van der Waals surface area contributed by atoms with Gasteiger partial charge in [-0.3, -0.25) is 0 Å². The molecule has 0 aliphatic carbocycles. The Balaban J connectivity index is 3.65. The Morgan fingerprint density at radius 1 is 1.12 bits per heavy atom. The van der Waals surface area contributed by atoms with Gasteiger partial charge in [-0.05, 0) is 12.1 Å². The van der Waals surface area contributed by atoms with Gasteiger partial charge in [0.05, 0.1) is 15.6 Å². The predicted molar refractivity (Wildman–Crippen MR) is 54.5 cm³/mol. The van der Waals surface area contributed by atoms with Crippen LogP contribution in [0.4, 0.5) is 13.2 Å². The van der Waals surface area contributed by atoms with Gasteiger partial charge in [0, 0.05) is 10.7 Å². The summed E-state index contributed by atoms with van der Waals surface area (Å²) < 4.78 is 59.1. The van der Waals surface area contributed by atoms with Crippen LogP contribution in [0.3, 0.4) is 0 Å². The van der Waals surface area contributed by atoms with Crippen molar-refractivity contribution in [3.8, 4) is 0 Å². The molecule has 0 aromatic heterocycles. The van der Waals surface area contributed by atoms with E-state index in [1.165, 1.54) is 0 Å². The Hall–Kier alpha value is -0.170. The molecule has 2 nitrogen and oxygen atoms in total. The van der Waals surface area contributed by atoms with Crippen LogP contribution in [0.25, 0.3) is 0 Å². The van der Waals surface area contributed by atoms with Gasteiger partial charge < -0.3 is 0 Å². The monoisotopic (exact) mass is 312 g/mol. The highest BCUT2D eigenvalue weighted by atomic mass is 35.7. The summed E-state index contributed by atoms with van der Waals surface area (Å²) in [6, 6.07) is 1.35. The number of rotatable bonds is 1. The van der Waals surface area contributed by atoms with Crippen LogP contribution in [0.2, 0.25) is 10.0 Å². The van der Waals surface area contributed by atoms with Crippen LogP contribution in [-0.2, 0) is 15.2 Å². The van der Waals surface area contributed by atoms with E-state index in [0.29, 0.717) is 6.07 Å². The molecule has 0 N–H and O–H groups in total. The normalized spacial score (nSPS) is 12.9. The van der Waals surface area contributed by atoms with Crippen molar-refractivity contribution in [2.45, 2.75) is 11.1 Å². The van der Waals surface area contributed by atoms with Gasteiger partial charge >= 0.3 is 6.18 Å². The highest BCUT2D eigenvalue weighted by Gasteiger charge is 2.36. The lowest BCUT2D eigenvalue weighted by Gasteiger charge is -2.11. The minimum Gasteiger partial charge on any atom is -0.207 e. The van der Waals surface area contributed by atoms with E-state index >= 15 is 0 Å². The summed E-state index contributed by atoms with van der Waals surface area (Å²) in [5, 5.41) is -1.50. The molecule has 0 saturated heterocycles. The summed E-state index contributed by atoms with van der Waals surface area (Å²) in [4.78, 5) is -0.938. The van der Waals surface area contributed by atoms with E-state index in [4.69, 9.17) is 33.9 Å². The largest absolute Gasteiger partial charge is 0.417 e. The first-order valence-electron chi connectivity index (χ1n) is 3.55. The molecule has 0 saturated carbocycles. The molecule has 16 heavy (non-hydrogen) atoms. The molecule has 0 heterocycles. The SMILES string of the molecule is O=S(=O)(Cl)c1c(Cl)ccc(C(F)(F)F)c1Cl. The lowest BCUT2D eigenvalue weighted by Crippen LogP contribution is -2.08. The number of hydrogen-bond acceptors (Lipinski definition) is 2. The van der Waals surface area contributed by atoms with Crippen LogP contribution in [-0.4, -0.2) is 8.42 Å². The Labute approximate surface area is 103 Å². The van der Waals surface area contributed by atoms with Crippen molar-refractivity contribution in [3.05, 3.63) is 27.7 Å². The molecule has 1 aromatic rings. The van der Waals surface area contributed by atoms with E-state index in [-0.39, 0.29) is 0 Å². The van der Waals surface area contributed by atoms with E-state index in [1.54, 1.807) is 0 Å². The molecule has 0 atom stereocenters. The molecule has 0 aliphatic heterocycles. The van der Waals surface area contributed by atoms with Crippen molar-refractivity contribution < 1.29 is 21.6 Å². The fourth-order valence-corrected chi connectivity index (χ4v) is 3.40. The minimum absolute atomic E-state index is 0.465. The maximum atomic E-state index is 12.4.